The van der Waals surface area contributed by atoms with Gasteiger partial charge < -0.3 is 10.1 Å². The number of nitrogens with one attached hydrogen (secondary N) is 1. The first-order chi connectivity index (χ1) is 12.6. The van der Waals surface area contributed by atoms with Gasteiger partial charge in [0, 0.05) is 11.6 Å². The van der Waals surface area contributed by atoms with Crippen molar-refractivity contribution in [3.8, 4) is 5.75 Å². The van der Waals surface area contributed by atoms with Crippen molar-refractivity contribution < 1.29 is 9.53 Å². The van der Waals surface area contributed by atoms with Crippen molar-refractivity contribution in [1.29, 1.82) is 0 Å². The molecule has 1 aliphatic heterocycles. The van der Waals surface area contributed by atoms with E-state index in [4.69, 9.17) is 16.3 Å². The highest BCUT2D eigenvalue weighted by Crippen LogP contribution is 2.29. The first kappa shape index (κ1) is 18.7. The maximum atomic E-state index is 12.2. The van der Waals surface area contributed by atoms with Crippen molar-refractivity contribution in [2.24, 2.45) is 0 Å². The van der Waals surface area contributed by atoms with Crippen LogP contribution in [0.1, 0.15) is 30.0 Å². The maximum Gasteiger partial charge on any atom is 0.258 e. The Morgan fingerprint density at radius 3 is 2.54 bits per heavy atom. The predicted octanol–water partition coefficient (Wildman–Crippen LogP) is 3.98. The number of hydrogen-bond donors (Lipinski definition) is 1. The van der Waals surface area contributed by atoms with Gasteiger partial charge in [0.1, 0.15) is 5.75 Å². The standard InChI is InChI=1S/C21H25ClN2O2/c1-16-8-10-17(11-9-16)26-15-21(25)23-14-20(24-12-4-5-13-24)18-6-2-3-7-19(18)22/h2-3,6-11,20H,4-5,12-15H2,1H3,(H,23,25)/t20-/m1/s1. The van der Waals surface area contributed by atoms with Crippen molar-refractivity contribution in [2.75, 3.05) is 26.2 Å². The summed E-state index contributed by atoms with van der Waals surface area (Å²) in [5.41, 5.74) is 2.23. The van der Waals surface area contributed by atoms with Gasteiger partial charge in [0.15, 0.2) is 6.61 Å². The highest BCUT2D eigenvalue weighted by Gasteiger charge is 2.25. The molecule has 0 saturated carbocycles. The summed E-state index contributed by atoms with van der Waals surface area (Å²) >= 11 is 6.40. The number of halogens is 1. The lowest BCUT2D eigenvalue weighted by Gasteiger charge is -2.29. The zero-order valence-corrected chi connectivity index (χ0v) is 15.8. The molecule has 1 atom stereocenters. The first-order valence-corrected chi connectivity index (χ1v) is 9.46. The highest BCUT2D eigenvalue weighted by molar-refractivity contribution is 6.31. The lowest BCUT2D eigenvalue weighted by molar-refractivity contribution is -0.123. The van der Waals surface area contributed by atoms with Crippen molar-refractivity contribution >= 4 is 17.5 Å². The molecule has 0 unspecified atom stereocenters. The molecule has 0 bridgehead atoms. The summed E-state index contributed by atoms with van der Waals surface area (Å²) in [6.45, 7) is 4.62. The van der Waals surface area contributed by atoms with E-state index in [0.717, 1.165) is 29.2 Å². The summed E-state index contributed by atoms with van der Waals surface area (Å²) in [5, 5.41) is 3.75. The number of likely N-dealkylation sites (tertiary alicyclic amines) is 1. The van der Waals surface area contributed by atoms with Gasteiger partial charge in [0.2, 0.25) is 0 Å². The molecular formula is C21H25ClN2O2. The number of amides is 1. The Labute approximate surface area is 160 Å². The molecule has 2 aromatic carbocycles. The number of aryl methyl sites for hydroxylation is 1. The Morgan fingerprint density at radius 1 is 1.15 bits per heavy atom. The van der Waals surface area contributed by atoms with Gasteiger partial charge in [-0.3, -0.25) is 9.69 Å². The Kier molecular flexibility index (Phi) is 6.53. The fourth-order valence-corrected chi connectivity index (χ4v) is 3.54. The fourth-order valence-electron chi connectivity index (χ4n) is 3.28. The van der Waals surface area contributed by atoms with E-state index in [1.165, 1.54) is 12.8 Å². The SMILES string of the molecule is Cc1ccc(OCC(=O)NC[C@H](c2ccccc2Cl)N2CCCC2)cc1. The van der Waals surface area contributed by atoms with E-state index in [-0.39, 0.29) is 18.6 Å². The van der Waals surface area contributed by atoms with E-state index >= 15 is 0 Å². The van der Waals surface area contributed by atoms with Crippen LogP contribution in [0.5, 0.6) is 5.75 Å². The molecule has 0 spiro atoms. The second kappa shape index (κ2) is 9.06. The van der Waals surface area contributed by atoms with Crippen LogP contribution < -0.4 is 10.1 Å². The fraction of sp³-hybridized carbons (Fsp3) is 0.381. The lowest BCUT2D eigenvalue weighted by Crippen LogP contribution is -2.38. The van der Waals surface area contributed by atoms with Crippen LogP contribution in [-0.4, -0.2) is 37.0 Å². The van der Waals surface area contributed by atoms with Crippen LogP contribution in [0.25, 0.3) is 0 Å². The van der Waals surface area contributed by atoms with E-state index in [1.54, 1.807) is 0 Å². The minimum Gasteiger partial charge on any atom is -0.484 e. The Morgan fingerprint density at radius 2 is 1.85 bits per heavy atom. The monoisotopic (exact) mass is 372 g/mol. The molecule has 2 aromatic rings. The van der Waals surface area contributed by atoms with Gasteiger partial charge in [-0.15, -0.1) is 0 Å². The van der Waals surface area contributed by atoms with Crippen LogP contribution >= 0.6 is 11.6 Å². The number of ether oxygens (including phenoxy) is 1. The van der Waals surface area contributed by atoms with Gasteiger partial charge in [-0.05, 0) is 56.6 Å². The van der Waals surface area contributed by atoms with E-state index in [2.05, 4.69) is 10.2 Å². The molecule has 1 fully saturated rings. The molecule has 1 N–H and O–H groups in total. The molecule has 3 rings (SSSR count). The molecular weight excluding hydrogens is 348 g/mol. The normalized spacial score (nSPS) is 15.6. The van der Waals surface area contributed by atoms with Crippen LogP contribution in [-0.2, 0) is 4.79 Å². The largest absolute Gasteiger partial charge is 0.484 e. The van der Waals surface area contributed by atoms with E-state index in [1.807, 2.05) is 55.5 Å². The molecule has 138 valence electrons. The summed E-state index contributed by atoms with van der Waals surface area (Å²) in [6, 6.07) is 15.6. The van der Waals surface area contributed by atoms with Crippen LogP contribution in [0.15, 0.2) is 48.5 Å². The summed E-state index contributed by atoms with van der Waals surface area (Å²) in [5.74, 6) is 0.578. The predicted molar refractivity (Wildman–Crippen MR) is 105 cm³/mol. The molecule has 4 nitrogen and oxygen atoms in total. The van der Waals surface area contributed by atoms with Gasteiger partial charge in [-0.2, -0.15) is 0 Å². The second-order valence-corrected chi connectivity index (χ2v) is 7.09. The Bertz CT molecular complexity index is 727. The topological polar surface area (TPSA) is 41.6 Å². The third kappa shape index (κ3) is 4.99. The summed E-state index contributed by atoms with van der Waals surface area (Å²) < 4.78 is 5.56. The highest BCUT2D eigenvalue weighted by atomic mass is 35.5. The molecule has 1 aliphatic rings. The molecule has 26 heavy (non-hydrogen) atoms. The van der Waals surface area contributed by atoms with Gasteiger partial charge >= 0.3 is 0 Å². The molecule has 1 saturated heterocycles. The van der Waals surface area contributed by atoms with Crippen molar-refractivity contribution in [1.82, 2.24) is 10.2 Å². The quantitative estimate of drug-likeness (QED) is 0.799. The second-order valence-electron chi connectivity index (χ2n) is 6.69. The average Bonchev–Trinajstić information content (AvgIpc) is 3.17. The van der Waals surface area contributed by atoms with Crippen LogP contribution in [0.2, 0.25) is 5.02 Å². The average molecular weight is 373 g/mol. The van der Waals surface area contributed by atoms with Crippen LogP contribution in [0.4, 0.5) is 0 Å². The van der Waals surface area contributed by atoms with Gasteiger partial charge in [0.25, 0.3) is 5.91 Å². The smallest absolute Gasteiger partial charge is 0.258 e. The minimum absolute atomic E-state index is 0.0122. The molecule has 0 radical (unpaired) electrons. The van der Waals surface area contributed by atoms with E-state index in [0.29, 0.717) is 12.3 Å². The summed E-state index contributed by atoms with van der Waals surface area (Å²) in [7, 11) is 0. The van der Waals surface area contributed by atoms with Crippen LogP contribution in [0.3, 0.4) is 0 Å². The third-order valence-corrected chi connectivity index (χ3v) is 5.07. The van der Waals surface area contributed by atoms with E-state index < -0.39 is 0 Å². The van der Waals surface area contributed by atoms with Gasteiger partial charge in [-0.1, -0.05) is 47.5 Å². The maximum absolute atomic E-state index is 12.2. The molecule has 5 heteroatoms. The molecule has 0 aliphatic carbocycles. The van der Waals surface area contributed by atoms with Crippen molar-refractivity contribution in [3.63, 3.8) is 0 Å². The number of rotatable bonds is 7. The number of carbonyl (C=O) groups is 1. The first-order valence-electron chi connectivity index (χ1n) is 9.08. The number of carbonyl (C=O) groups excluding carboxylic acids is 1. The summed E-state index contributed by atoms with van der Waals surface area (Å²) in [4.78, 5) is 14.6. The van der Waals surface area contributed by atoms with Crippen LogP contribution in [0, 0.1) is 6.92 Å². The van der Waals surface area contributed by atoms with Crippen molar-refractivity contribution in [3.05, 3.63) is 64.7 Å². The Hall–Kier alpha value is -2.04. The zero-order valence-electron chi connectivity index (χ0n) is 15.1. The van der Waals surface area contributed by atoms with Gasteiger partial charge in [0.05, 0.1) is 6.04 Å². The lowest BCUT2D eigenvalue weighted by atomic mass is 10.1. The molecule has 0 aromatic heterocycles. The third-order valence-electron chi connectivity index (χ3n) is 4.73. The molecule has 1 heterocycles. The summed E-state index contributed by atoms with van der Waals surface area (Å²) in [6.07, 6.45) is 2.37. The number of hydrogen-bond acceptors (Lipinski definition) is 3. The zero-order chi connectivity index (χ0) is 18.4. The van der Waals surface area contributed by atoms with Crippen molar-refractivity contribution in [2.45, 2.75) is 25.8 Å². The van der Waals surface area contributed by atoms with Gasteiger partial charge in [-0.25, -0.2) is 0 Å². The Balaban J connectivity index is 1.57. The minimum atomic E-state index is -0.123. The number of nitrogens with zero attached hydrogens (tertiary/aromatic N) is 1. The number of benzene rings is 2. The van der Waals surface area contributed by atoms with E-state index in [9.17, 15) is 4.79 Å². The molecule has 1 amide bonds.